The molecule has 3 N–H and O–H groups in total. The zero-order chi connectivity index (χ0) is 14.0. The molecule has 6 nitrogen and oxygen atoms in total. The fourth-order valence-electron chi connectivity index (χ4n) is 2.64. The highest BCUT2D eigenvalue weighted by atomic mass is 16.2. The number of hydrogen-bond donors (Lipinski definition) is 2. The van der Waals surface area contributed by atoms with Gasteiger partial charge in [0.15, 0.2) is 0 Å². The van der Waals surface area contributed by atoms with E-state index in [1.165, 1.54) is 12.8 Å². The van der Waals surface area contributed by atoms with Crippen molar-refractivity contribution in [1.29, 1.82) is 0 Å². The third-order valence-corrected chi connectivity index (χ3v) is 3.90. The van der Waals surface area contributed by atoms with Crippen LogP contribution in [-0.4, -0.2) is 46.8 Å². The standard InChI is InChI=1S/C13H23N5O/c1-9-11(14)12(18(3)16-9)13(19)15-8-10-6-4-5-7-17(10)2/h10H,4-8,14H2,1-3H3,(H,15,19). The van der Waals surface area contributed by atoms with Crippen molar-refractivity contribution in [2.45, 2.75) is 32.2 Å². The zero-order valence-corrected chi connectivity index (χ0v) is 11.9. The lowest BCUT2D eigenvalue weighted by molar-refractivity contribution is 0.0920. The van der Waals surface area contributed by atoms with Crippen LogP contribution in [-0.2, 0) is 7.05 Å². The van der Waals surface area contributed by atoms with Gasteiger partial charge in [-0.15, -0.1) is 0 Å². The summed E-state index contributed by atoms with van der Waals surface area (Å²) >= 11 is 0. The Hall–Kier alpha value is -1.56. The number of anilines is 1. The molecule has 0 saturated carbocycles. The number of amides is 1. The molecule has 0 aliphatic carbocycles. The van der Waals surface area contributed by atoms with Crippen LogP contribution in [0.2, 0.25) is 0 Å². The molecule has 0 bridgehead atoms. The predicted octanol–water partition coefficient (Wildman–Crippen LogP) is 0.525. The maximum Gasteiger partial charge on any atom is 0.271 e. The van der Waals surface area contributed by atoms with Gasteiger partial charge in [0.25, 0.3) is 5.91 Å². The van der Waals surface area contributed by atoms with Gasteiger partial charge in [-0.1, -0.05) is 6.42 Å². The Morgan fingerprint density at radius 1 is 1.47 bits per heavy atom. The smallest absolute Gasteiger partial charge is 0.271 e. The first-order valence-corrected chi connectivity index (χ1v) is 6.78. The SMILES string of the molecule is Cc1nn(C)c(C(=O)NCC2CCCCN2C)c1N. The van der Waals surface area contributed by atoms with Gasteiger partial charge in [-0.3, -0.25) is 9.48 Å². The summed E-state index contributed by atoms with van der Waals surface area (Å²) in [4.78, 5) is 14.5. The van der Waals surface area contributed by atoms with E-state index in [0.29, 0.717) is 29.7 Å². The summed E-state index contributed by atoms with van der Waals surface area (Å²) < 4.78 is 1.55. The number of likely N-dealkylation sites (tertiary alicyclic amines) is 1. The van der Waals surface area contributed by atoms with Crippen LogP contribution in [0.25, 0.3) is 0 Å². The number of aryl methyl sites for hydroxylation is 2. The molecule has 6 heteroatoms. The van der Waals surface area contributed by atoms with Crippen LogP contribution in [0.15, 0.2) is 0 Å². The summed E-state index contributed by atoms with van der Waals surface area (Å²) in [5, 5.41) is 7.13. The molecule has 19 heavy (non-hydrogen) atoms. The minimum Gasteiger partial charge on any atom is -0.395 e. The highest BCUT2D eigenvalue weighted by molar-refractivity contribution is 5.97. The molecule has 1 aromatic heterocycles. The highest BCUT2D eigenvalue weighted by Crippen LogP contribution is 2.16. The van der Waals surface area contributed by atoms with E-state index in [1.807, 2.05) is 0 Å². The molecule has 1 fully saturated rings. The number of hydrogen-bond acceptors (Lipinski definition) is 4. The number of nitrogens with two attached hydrogens (primary N) is 1. The second-order valence-electron chi connectivity index (χ2n) is 5.31. The summed E-state index contributed by atoms with van der Waals surface area (Å²) in [7, 11) is 3.85. The molecule has 1 unspecified atom stereocenters. The van der Waals surface area contributed by atoms with Gasteiger partial charge < -0.3 is 16.0 Å². The lowest BCUT2D eigenvalue weighted by Gasteiger charge is -2.32. The average Bonchev–Trinajstić information content (AvgIpc) is 2.62. The lowest BCUT2D eigenvalue weighted by atomic mass is 10.0. The Balaban J connectivity index is 1.97. The lowest BCUT2D eigenvalue weighted by Crippen LogP contribution is -2.44. The largest absolute Gasteiger partial charge is 0.395 e. The topological polar surface area (TPSA) is 76.2 Å². The van der Waals surface area contributed by atoms with Crippen LogP contribution < -0.4 is 11.1 Å². The van der Waals surface area contributed by atoms with Crippen molar-refractivity contribution >= 4 is 11.6 Å². The van der Waals surface area contributed by atoms with Crippen molar-refractivity contribution in [3.05, 3.63) is 11.4 Å². The fourth-order valence-corrected chi connectivity index (χ4v) is 2.64. The van der Waals surface area contributed by atoms with E-state index >= 15 is 0 Å². The molecule has 1 amide bonds. The van der Waals surface area contributed by atoms with Gasteiger partial charge in [-0.05, 0) is 33.4 Å². The average molecular weight is 265 g/mol. The van der Waals surface area contributed by atoms with Crippen LogP contribution in [0.4, 0.5) is 5.69 Å². The fraction of sp³-hybridized carbons (Fsp3) is 0.692. The van der Waals surface area contributed by atoms with Crippen LogP contribution >= 0.6 is 0 Å². The van der Waals surface area contributed by atoms with Gasteiger partial charge in [0.1, 0.15) is 5.69 Å². The number of carbonyl (C=O) groups excluding carboxylic acids is 1. The van der Waals surface area contributed by atoms with E-state index in [1.54, 1.807) is 18.7 Å². The molecular weight excluding hydrogens is 242 g/mol. The highest BCUT2D eigenvalue weighted by Gasteiger charge is 2.22. The van der Waals surface area contributed by atoms with Gasteiger partial charge in [-0.2, -0.15) is 5.10 Å². The van der Waals surface area contributed by atoms with Gasteiger partial charge in [0.05, 0.1) is 11.4 Å². The minimum absolute atomic E-state index is 0.139. The van der Waals surface area contributed by atoms with Crippen molar-refractivity contribution in [2.24, 2.45) is 7.05 Å². The second kappa shape index (κ2) is 5.61. The summed E-state index contributed by atoms with van der Waals surface area (Å²) in [5.74, 6) is -0.139. The van der Waals surface area contributed by atoms with Gasteiger partial charge in [-0.25, -0.2) is 0 Å². The Bertz CT molecular complexity index is 468. The molecule has 1 saturated heterocycles. The number of rotatable bonds is 3. The van der Waals surface area contributed by atoms with E-state index in [9.17, 15) is 4.79 Å². The zero-order valence-electron chi connectivity index (χ0n) is 11.9. The molecule has 106 valence electrons. The number of nitrogens with one attached hydrogen (secondary N) is 1. The van der Waals surface area contributed by atoms with Gasteiger partial charge in [0, 0.05) is 19.6 Å². The number of nitrogen functional groups attached to an aromatic ring is 1. The van der Waals surface area contributed by atoms with Gasteiger partial charge >= 0.3 is 0 Å². The van der Waals surface area contributed by atoms with Crippen molar-refractivity contribution in [3.63, 3.8) is 0 Å². The molecule has 1 aromatic rings. The molecule has 2 heterocycles. The third kappa shape index (κ3) is 2.89. The summed E-state index contributed by atoms with van der Waals surface area (Å²) in [5.41, 5.74) is 7.51. The van der Waals surface area contributed by atoms with Crippen molar-refractivity contribution in [2.75, 3.05) is 25.9 Å². The summed E-state index contributed by atoms with van der Waals surface area (Å²) in [6.07, 6.45) is 3.61. The van der Waals surface area contributed by atoms with Crippen molar-refractivity contribution in [1.82, 2.24) is 20.0 Å². The third-order valence-electron chi connectivity index (χ3n) is 3.90. The number of piperidine rings is 1. The Labute approximate surface area is 113 Å². The van der Waals surface area contributed by atoms with E-state index in [0.717, 1.165) is 13.0 Å². The molecular formula is C13H23N5O. The van der Waals surface area contributed by atoms with Crippen LogP contribution in [0, 0.1) is 6.92 Å². The first-order valence-electron chi connectivity index (χ1n) is 6.78. The Morgan fingerprint density at radius 2 is 2.21 bits per heavy atom. The normalized spacial score (nSPS) is 20.5. The minimum atomic E-state index is -0.139. The van der Waals surface area contributed by atoms with Crippen LogP contribution in [0.3, 0.4) is 0 Å². The number of carbonyl (C=O) groups is 1. The summed E-state index contributed by atoms with van der Waals surface area (Å²) in [6, 6.07) is 0.424. The Kier molecular flexibility index (Phi) is 4.09. The van der Waals surface area contributed by atoms with E-state index in [4.69, 9.17) is 5.73 Å². The van der Waals surface area contributed by atoms with E-state index in [2.05, 4.69) is 22.4 Å². The summed E-state index contributed by atoms with van der Waals surface area (Å²) in [6.45, 7) is 3.58. The van der Waals surface area contributed by atoms with Crippen molar-refractivity contribution < 1.29 is 4.79 Å². The Morgan fingerprint density at radius 3 is 2.79 bits per heavy atom. The second-order valence-corrected chi connectivity index (χ2v) is 5.31. The molecule has 2 rings (SSSR count). The van der Waals surface area contributed by atoms with E-state index in [-0.39, 0.29) is 5.91 Å². The molecule has 0 aromatic carbocycles. The monoisotopic (exact) mass is 265 g/mol. The molecule has 1 aliphatic heterocycles. The molecule has 0 radical (unpaired) electrons. The van der Waals surface area contributed by atoms with Crippen LogP contribution in [0.1, 0.15) is 35.4 Å². The number of nitrogens with zero attached hydrogens (tertiary/aromatic N) is 3. The van der Waals surface area contributed by atoms with Crippen LogP contribution in [0.5, 0.6) is 0 Å². The van der Waals surface area contributed by atoms with E-state index < -0.39 is 0 Å². The maximum absolute atomic E-state index is 12.2. The maximum atomic E-state index is 12.2. The number of aromatic nitrogens is 2. The predicted molar refractivity (Wildman–Crippen MR) is 75.0 cm³/mol. The first-order chi connectivity index (χ1) is 9.00. The molecule has 1 atom stereocenters. The quantitative estimate of drug-likeness (QED) is 0.835. The first kappa shape index (κ1) is 13.9. The molecule has 0 spiro atoms. The molecule has 1 aliphatic rings. The van der Waals surface area contributed by atoms with Crippen molar-refractivity contribution in [3.8, 4) is 0 Å². The van der Waals surface area contributed by atoms with Gasteiger partial charge in [0.2, 0.25) is 0 Å². The number of likely N-dealkylation sites (N-methyl/N-ethyl adjacent to an activating group) is 1.